The van der Waals surface area contributed by atoms with Crippen molar-refractivity contribution in [3.63, 3.8) is 0 Å². The van der Waals surface area contributed by atoms with Crippen LogP contribution in [0.4, 0.5) is 5.95 Å². The Labute approximate surface area is 197 Å². The van der Waals surface area contributed by atoms with Crippen LogP contribution in [0.3, 0.4) is 0 Å². The number of nitrogen functional groups attached to an aromatic ring is 1. The van der Waals surface area contributed by atoms with Crippen molar-refractivity contribution < 1.29 is 9.47 Å². The standard InChI is InChI=1S/C26H27N5O3/c1-17-20(15-33-13-18-8-4-2-5-9-18)22(34-14-19-10-6-3-7-11-19)12-21(17)31-16-28-23-24(31)29-26(27)30-25(23)32/h2-11,16,20-22H,1,12-15H2,(H3,27,29,30,32). The number of nitrogens with two attached hydrogens (primary N) is 1. The highest BCUT2D eigenvalue weighted by molar-refractivity contribution is 5.71. The van der Waals surface area contributed by atoms with Gasteiger partial charge in [0.1, 0.15) is 0 Å². The highest BCUT2D eigenvalue weighted by Crippen LogP contribution is 2.42. The molecule has 1 aliphatic rings. The van der Waals surface area contributed by atoms with Crippen LogP contribution in [-0.2, 0) is 22.7 Å². The molecule has 3 N–H and O–H groups in total. The van der Waals surface area contributed by atoms with E-state index in [1.807, 2.05) is 65.2 Å². The predicted molar refractivity (Wildman–Crippen MR) is 130 cm³/mol. The zero-order valence-electron chi connectivity index (χ0n) is 18.8. The summed E-state index contributed by atoms with van der Waals surface area (Å²) in [7, 11) is 0. The Hall–Kier alpha value is -3.75. The number of nitrogens with zero attached hydrogens (tertiary/aromatic N) is 3. The van der Waals surface area contributed by atoms with Gasteiger partial charge in [0.2, 0.25) is 5.95 Å². The number of benzene rings is 2. The van der Waals surface area contributed by atoms with Crippen LogP contribution < -0.4 is 11.3 Å². The van der Waals surface area contributed by atoms with Crippen LogP contribution in [0.1, 0.15) is 23.6 Å². The summed E-state index contributed by atoms with van der Waals surface area (Å²) in [6.07, 6.45) is 2.19. The van der Waals surface area contributed by atoms with Crippen molar-refractivity contribution in [3.05, 3.63) is 101 Å². The van der Waals surface area contributed by atoms with Gasteiger partial charge in [0, 0.05) is 5.92 Å². The Kier molecular flexibility index (Phi) is 6.24. The van der Waals surface area contributed by atoms with E-state index in [1.54, 1.807) is 6.33 Å². The number of ether oxygens (including phenoxy) is 2. The second-order valence-electron chi connectivity index (χ2n) is 8.54. The van der Waals surface area contributed by atoms with Gasteiger partial charge in [0.25, 0.3) is 5.56 Å². The van der Waals surface area contributed by atoms with E-state index in [1.165, 1.54) is 0 Å². The van der Waals surface area contributed by atoms with Crippen LogP contribution in [0.15, 0.2) is 83.9 Å². The SMILES string of the molecule is C=C1C(COCc2ccccc2)C(OCc2ccccc2)CC1n1cnc2c(=O)[nH]c(N)nc21. The van der Waals surface area contributed by atoms with Gasteiger partial charge in [-0.25, -0.2) is 4.98 Å². The number of aromatic amines is 1. The van der Waals surface area contributed by atoms with E-state index in [0.717, 1.165) is 16.7 Å². The largest absolute Gasteiger partial charge is 0.376 e. The molecule has 8 heteroatoms. The molecule has 0 aliphatic heterocycles. The van der Waals surface area contributed by atoms with Crippen molar-refractivity contribution >= 4 is 17.1 Å². The van der Waals surface area contributed by atoms with E-state index in [9.17, 15) is 4.79 Å². The molecule has 1 aliphatic carbocycles. The molecule has 3 unspecified atom stereocenters. The van der Waals surface area contributed by atoms with Gasteiger partial charge in [-0.3, -0.25) is 9.78 Å². The minimum absolute atomic E-state index is 0.0192. The molecule has 174 valence electrons. The predicted octanol–water partition coefficient (Wildman–Crippen LogP) is 3.62. The maximum absolute atomic E-state index is 12.3. The van der Waals surface area contributed by atoms with Gasteiger partial charge in [-0.1, -0.05) is 67.2 Å². The number of imidazole rings is 1. The summed E-state index contributed by atoms with van der Waals surface area (Å²) in [5, 5.41) is 0. The quantitative estimate of drug-likeness (QED) is 0.391. The Morgan fingerprint density at radius 2 is 1.74 bits per heavy atom. The third-order valence-electron chi connectivity index (χ3n) is 6.31. The number of hydrogen-bond donors (Lipinski definition) is 2. The number of aromatic nitrogens is 4. The number of fused-ring (bicyclic) bond motifs is 1. The van der Waals surface area contributed by atoms with E-state index in [2.05, 4.69) is 21.5 Å². The van der Waals surface area contributed by atoms with Gasteiger partial charge >= 0.3 is 0 Å². The van der Waals surface area contributed by atoms with Crippen LogP contribution in [-0.4, -0.2) is 32.2 Å². The van der Waals surface area contributed by atoms with E-state index in [4.69, 9.17) is 15.2 Å². The number of nitrogens with one attached hydrogen (secondary N) is 1. The Morgan fingerprint density at radius 1 is 1.06 bits per heavy atom. The molecule has 2 aromatic heterocycles. The Balaban J connectivity index is 1.38. The average Bonchev–Trinajstić information content (AvgIpc) is 3.40. The summed E-state index contributed by atoms with van der Waals surface area (Å²) >= 11 is 0. The molecule has 0 amide bonds. The minimum Gasteiger partial charge on any atom is -0.376 e. The molecule has 0 radical (unpaired) electrons. The summed E-state index contributed by atoms with van der Waals surface area (Å²) in [6.45, 7) is 5.89. The molecule has 4 aromatic rings. The maximum atomic E-state index is 12.3. The molecule has 1 fully saturated rings. The first-order chi connectivity index (χ1) is 16.6. The van der Waals surface area contributed by atoms with E-state index < -0.39 is 0 Å². The molecule has 2 aromatic carbocycles. The lowest BCUT2D eigenvalue weighted by molar-refractivity contribution is -0.0122. The van der Waals surface area contributed by atoms with Crippen LogP contribution >= 0.6 is 0 Å². The highest BCUT2D eigenvalue weighted by atomic mass is 16.5. The number of H-pyrrole nitrogens is 1. The van der Waals surface area contributed by atoms with Crippen molar-refractivity contribution in [2.75, 3.05) is 12.3 Å². The zero-order valence-corrected chi connectivity index (χ0v) is 18.8. The van der Waals surface area contributed by atoms with Gasteiger partial charge in [-0.05, 0) is 23.1 Å². The second kappa shape index (κ2) is 9.62. The van der Waals surface area contributed by atoms with E-state index in [0.29, 0.717) is 31.9 Å². The van der Waals surface area contributed by atoms with Crippen molar-refractivity contribution in [2.24, 2.45) is 5.92 Å². The van der Waals surface area contributed by atoms with Crippen molar-refractivity contribution in [1.29, 1.82) is 0 Å². The minimum atomic E-state index is -0.357. The molecule has 5 rings (SSSR count). The van der Waals surface area contributed by atoms with Gasteiger partial charge in [-0.2, -0.15) is 4.98 Å². The third kappa shape index (κ3) is 4.50. The average molecular weight is 458 g/mol. The topological polar surface area (TPSA) is 108 Å². The highest BCUT2D eigenvalue weighted by Gasteiger charge is 2.40. The molecule has 8 nitrogen and oxygen atoms in total. The fourth-order valence-electron chi connectivity index (χ4n) is 4.54. The molecule has 0 spiro atoms. The molecule has 0 bridgehead atoms. The van der Waals surface area contributed by atoms with Crippen LogP contribution in [0.5, 0.6) is 0 Å². The molecule has 2 heterocycles. The summed E-state index contributed by atoms with van der Waals surface area (Å²) in [5.41, 5.74) is 9.33. The summed E-state index contributed by atoms with van der Waals surface area (Å²) < 4.78 is 14.3. The van der Waals surface area contributed by atoms with Crippen LogP contribution in [0, 0.1) is 5.92 Å². The summed E-state index contributed by atoms with van der Waals surface area (Å²) in [4.78, 5) is 23.4. The van der Waals surface area contributed by atoms with Gasteiger partial charge in [-0.15, -0.1) is 0 Å². The van der Waals surface area contributed by atoms with Crippen LogP contribution in [0.25, 0.3) is 11.2 Å². The molecular weight excluding hydrogens is 430 g/mol. The fourth-order valence-corrected chi connectivity index (χ4v) is 4.54. The third-order valence-corrected chi connectivity index (χ3v) is 6.31. The fraction of sp³-hybridized carbons (Fsp3) is 0.269. The van der Waals surface area contributed by atoms with Crippen molar-refractivity contribution in [3.8, 4) is 0 Å². The van der Waals surface area contributed by atoms with Gasteiger partial charge in [0.05, 0.1) is 38.3 Å². The van der Waals surface area contributed by atoms with Crippen LogP contribution in [0.2, 0.25) is 0 Å². The second-order valence-corrected chi connectivity index (χ2v) is 8.54. The lowest BCUT2D eigenvalue weighted by atomic mass is 10.0. The monoisotopic (exact) mass is 457 g/mol. The normalized spacial score (nSPS) is 20.2. The first-order valence-electron chi connectivity index (χ1n) is 11.3. The Bertz CT molecular complexity index is 1330. The molecule has 0 saturated heterocycles. The first-order valence-corrected chi connectivity index (χ1v) is 11.3. The number of rotatable bonds is 8. The van der Waals surface area contributed by atoms with Gasteiger partial charge < -0.3 is 19.8 Å². The van der Waals surface area contributed by atoms with Crippen molar-refractivity contribution in [2.45, 2.75) is 31.8 Å². The summed E-state index contributed by atoms with van der Waals surface area (Å²) in [6, 6.07) is 20.0. The molecular formula is C26H27N5O3. The zero-order chi connectivity index (χ0) is 23.5. The van der Waals surface area contributed by atoms with E-state index in [-0.39, 0.29) is 35.1 Å². The van der Waals surface area contributed by atoms with Gasteiger partial charge in [0.15, 0.2) is 11.2 Å². The van der Waals surface area contributed by atoms with Crippen molar-refractivity contribution in [1.82, 2.24) is 19.5 Å². The molecule has 3 atom stereocenters. The lowest BCUT2D eigenvalue weighted by Gasteiger charge is -2.21. The lowest BCUT2D eigenvalue weighted by Crippen LogP contribution is -2.23. The first kappa shape index (κ1) is 22.1. The van der Waals surface area contributed by atoms with E-state index >= 15 is 0 Å². The smallest absolute Gasteiger partial charge is 0.280 e. The number of anilines is 1. The number of hydrogen-bond acceptors (Lipinski definition) is 6. The molecule has 34 heavy (non-hydrogen) atoms. The Morgan fingerprint density at radius 3 is 2.44 bits per heavy atom. The molecule has 1 saturated carbocycles. The maximum Gasteiger partial charge on any atom is 0.280 e. The summed E-state index contributed by atoms with van der Waals surface area (Å²) in [5.74, 6) is 0.0386.